The molecule has 1 unspecified atom stereocenters. The highest BCUT2D eigenvalue weighted by atomic mass is 19.1. The molecule has 5 heteroatoms. The van der Waals surface area contributed by atoms with Crippen LogP contribution in [0.4, 0.5) is 10.1 Å². The maximum Gasteiger partial charge on any atom is 0.282 e. The smallest absolute Gasteiger partial charge is 0.282 e. The van der Waals surface area contributed by atoms with Gasteiger partial charge in [-0.05, 0) is 25.1 Å². The van der Waals surface area contributed by atoms with Crippen molar-refractivity contribution in [2.75, 3.05) is 19.5 Å². The maximum absolute atomic E-state index is 13.7. The van der Waals surface area contributed by atoms with Gasteiger partial charge in [0.2, 0.25) is 0 Å². The highest BCUT2D eigenvalue weighted by Crippen LogP contribution is 2.22. The number of quaternary nitrogens is 1. The number of anilines is 1. The molecule has 4 nitrogen and oxygen atoms in total. The van der Waals surface area contributed by atoms with E-state index in [9.17, 15) is 9.18 Å². The Labute approximate surface area is 135 Å². The predicted molar refractivity (Wildman–Crippen MR) is 88.1 cm³/mol. The summed E-state index contributed by atoms with van der Waals surface area (Å²) in [5, 5.41) is 2.86. The van der Waals surface area contributed by atoms with E-state index >= 15 is 0 Å². The number of ether oxygens (including phenoxy) is 1. The monoisotopic (exact) mass is 317 g/mol. The Hall–Kier alpha value is -2.40. The average molecular weight is 317 g/mol. The van der Waals surface area contributed by atoms with E-state index < -0.39 is 0 Å². The van der Waals surface area contributed by atoms with E-state index in [2.05, 4.69) is 5.32 Å². The quantitative estimate of drug-likeness (QED) is 0.854. The first kappa shape index (κ1) is 17.0. The van der Waals surface area contributed by atoms with E-state index in [0.29, 0.717) is 23.5 Å². The van der Waals surface area contributed by atoms with Crippen LogP contribution in [-0.4, -0.2) is 26.1 Å². The molecule has 2 N–H and O–H groups in total. The number of hydrogen-bond acceptors (Lipinski definition) is 2. The number of para-hydroxylation sites is 2. The van der Waals surface area contributed by atoms with Crippen molar-refractivity contribution in [1.82, 2.24) is 0 Å². The van der Waals surface area contributed by atoms with Gasteiger partial charge in [0.15, 0.2) is 6.04 Å². The topological polar surface area (TPSA) is 42.8 Å². The predicted octanol–water partition coefficient (Wildman–Crippen LogP) is 1.88. The van der Waals surface area contributed by atoms with E-state index in [1.165, 1.54) is 6.07 Å². The molecule has 2 aromatic carbocycles. The zero-order valence-corrected chi connectivity index (χ0v) is 13.6. The van der Waals surface area contributed by atoms with Crippen LogP contribution in [0.5, 0.6) is 5.75 Å². The fraction of sp³-hybridized carbons (Fsp3) is 0.278. The van der Waals surface area contributed by atoms with Crippen LogP contribution in [0.15, 0.2) is 48.5 Å². The maximum atomic E-state index is 13.7. The molecule has 0 aromatic heterocycles. The van der Waals surface area contributed by atoms with E-state index in [0.717, 1.165) is 4.90 Å². The first-order valence-electron chi connectivity index (χ1n) is 7.52. The number of carbonyl (C=O) groups is 1. The summed E-state index contributed by atoms with van der Waals surface area (Å²) in [5.74, 6) is 0.229. The molecule has 0 aliphatic rings. The second kappa shape index (κ2) is 7.74. The third-order valence-corrected chi connectivity index (χ3v) is 3.92. The van der Waals surface area contributed by atoms with Gasteiger partial charge in [-0.3, -0.25) is 4.79 Å². The zero-order valence-electron chi connectivity index (χ0n) is 13.6. The van der Waals surface area contributed by atoms with Gasteiger partial charge in [-0.1, -0.05) is 30.3 Å². The molecule has 0 heterocycles. The molecule has 0 fully saturated rings. The third kappa shape index (κ3) is 4.29. The van der Waals surface area contributed by atoms with Crippen LogP contribution in [0.2, 0.25) is 0 Å². The van der Waals surface area contributed by atoms with Gasteiger partial charge in [0.25, 0.3) is 5.91 Å². The summed E-state index contributed by atoms with van der Waals surface area (Å²) in [6, 6.07) is 13.5. The lowest BCUT2D eigenvalue weighted by molar-refractivity contribution is -0.908. The number of halogens is 1. The Balaban J connectivity index is 2.03. The van der Waals surface area contributed by atoms with Crippen molar-refractivity contribution >= 4 is 11.6 Å². The Bertz CT molecular complexity index is 676. The summed E-state index contributed by atoms with van der Waals surface area (Å²) < 4.78 is 19.0. The van der Waals surface area contributed by atoms with Crippen molar-refractivity contribution in [1.29, 1.82) is 0 Å². The molecule has 23 heavy (non-hydrogen) atoms. The van der Waals surface area contributed by atoms with Crippen molar-refractivity contribution in [3.05, 3.63) is 59.9 Å². The van der Waals surface area contributed by atoms with Crippen LogP contribution < -0.4 is 15.0 Å². The Kier molecular flexibility index (Phi) is 5.71. The lowest BCUT2D eigenvalue weighted by Gasteiger charge is -2.21. The molecule has 2 rings (SSSR count). The van der Waals surface area contributed by atoms with Crippen molar-refractivity contribution in [3.63, 3.8) is 0 Å². The number of rotatable bonds is 6. The molecule has 0 radical (unpaired) electrons. The number of carbonyl (C=O) groups excluding carboxylic acids is 1. The normalized spacial score (nSPS) is 13.2. The summed E-state index contributed by atoms with van der Waals surface area (Å²) in [4.78, 5) is 13.3. The first-order valence-corrected chi connectivity index (χ1v) is 7.52. The number of benzene rings is 2. The van der Waals surface area contributed by atoms with E-state index in [4.69, 9.17) is 4.74 Å². The number of hydrogen-bond donors (Lipinski definition) is 2. The van der Waals surface area contributed by atoms with Gasteiger partial charge >= 0.3 is 0 Å². The van der Waals surface area contributed by atoms with Crippen LogP contribution >= 0.6 is 0 Å². The number of likely N-dealkylation sites (N-methyl/N-ethyl adjacent to an activating group) is 1. The second-order valence-corrected chi connectivity index (χ2v) is 5.53. The highest BCUT2D eigenvalue weighted by molar-refractivity contribution is 5.94. The number of nitrogens with one attached hydrogen (secondary N) is 2. The summed E-state index contributed by atoms with van der Waals surface area (Å²) in [6.45, 7) is 2.26. The Morgan fingerprint density at radius 1 is 1.22 bits per heavy atom. The highest BCUT2D eigenvalue weighted by Gasteiger charge is 2.23. The molecule has 0 saturated carbocycles. The summed E-state index contributed by atoms with van der Waals surface area (Å²) in [6.07, 6.45) is 0. The van der Waals surface area contributed by atoms with Gasteiger partial charge in [0.05, 0.1) is 19.8 Å². The summed E-state index contributed by atoms with van der Waals surface area (Å²) >= 11 is 0. The standard InChI is InChI=1S/C18H21FN2O2/c1-13(21(2)12-14-8-4-5-9-15(14)19)18(22)20-16-10-6-7-11-17(16)23-3/h4-11,13H,12H2,1-3H3,(H,20,22)/p+1/t13-/m0/s1. The average Bonchev–Trinajstić information content (AvgIpc) is 2.56. The van der Waals surface area contributed by atoms with Crippen LogP contribution in [0.1, 0.15) is 12.5 Å². The number of methoxy groups -OCH3 is 1. The van der Waals surface area contributed by atoms with Gasteiger partial charge in [0, 0.05) is 5.56 Å². The molecule has 0 saturated heterocycles. The van der Waals surface area contributed by atoms with Gasteiger partial charge in [0.1, 0.15) is 18.1 Å². The Morgan fingerprint density at radius 3 is 2.57 bits per heavy atom. The van der Waals surface area contributed by atoms with Crippen molar-refractivity contribution in [2.24, 2.45) is 0 Å². The van der Waals surface area contributed by atoms with E-state index in [1.807, 2.05) is 26.1 Å². The molecule has 2 aromatic rings. The minimum absolute atomic E-state index is 0.136. The molecule has 122 valence electrons. The summed E-state index contributed by atoms with van der Waals surface area (Å²) in [7, 11) is 3.43. The molecular formula is C18H22FN2O2+. The van der Waals surface area contributed by atoms with Gasteiger partial charge in [-0.2, -0.15) is 0 Å². The van der Waals surface area contributed by atoms with Crippen molar-refractivity contribution in [2.45, 2.75) is 19.5 Å². The number of amides is 1. The van der Waals surface area contributed by atoms with Crippen molar-refractivity contribution < 1.29 is 18.8 Å². The summed E-state index contributed by atoms with van der Waals surface area (Å²) in [5.41, 5.74) is 1.23. The molecular weight excluding hydrogens is 295 g/mol. The first-order chi connectivity index (χ1) is 11.0. The fourth-order valence-corrected chi connectivity index (χ4v) is 2.31. The van der Waals surface area contributed by atoms with Crippen LogP contribution in [0.25, 0.3) is 0 Å². The van der Waals surface area contributed by atoms with Crippen molar-refractivity contribution in [3.8, 4) is 5.75 Å². The molecule has 0 aliphatic heterocycles. The third-order valence-electron chi connectivity index (χ3n) is 3.92. The van der Waals surface area contributed by atoms with E-state index in [1.54, 1.807) is 37.4 Å². The molecule has 0 aliphatic carbocycles. The largest absolute Gasteiger partial charge is 0.495 e. The minimum atomic E-state index is -0.334. The van der Waals surface area contributed by atoms with Gasteiger partial charge < -0.3 is 15.0 Å². The molecule has 2 atom stereocenters. The zero-order chi connectivity index (χ0) is 16.8. The molecule has 0 bridgehead atoms. The van der Waals surface area contributed by atoms with Gasteiger partial charge in [-0.15, -0.1) is 0 Å². The lowest BCUT2D eigenvalue weighted by atomic mass is 10.1. The van der Waals surface area contributed by atoms with Crippen LogP contribution in [0, 0.1) is 5.82 Å². The molecule has 0 spiro atoms. The fourth-order valence-electron chi connectivity index (χ4n) is 2.31. The Morgan fingerprint density at radius 2 is 1.87 bits per heavy atom. The van der Waals surface area contributed by atoms with Crippen LogP contribution in [0.3, 0.4) is 0 Å². The SMILES string of the molecule is COc1ccccc1NC(=O)[C@H](C)[NH+](C)Cc1ccccc1F. The van der Waals surface area contributed by atoms with Crippen LogP contribution in [-0.2, 0) is 11.3 Å². The van der Waals surface area contributed by atoms with E-state index in [-0.39, 0.29) is 17.8 Å². The minimum Gasteiger partial charge on any atom is -0.495 e. The molecule has 1 amide bonds. The lowest BCUT2D eigenvalue weighted by Crippen LogP contribution is -3.12. The van der Waals surface area contributed by atoms with Gasteiger partial charge in [-0.25, -0.2) is 4.39 Å². The second-order valence-electron chi connectivity index (χ2n) is 5.53.